The van der Waals surface area contributed by atoms with E-state index in [1.165, 1.54) is 27.2 Å². The lowest BCUT2D eigenvalue weighted by atomic mass is 9.98. The lowest BCUT2D eigenvalue weighted by Gasteiger charge is -2.22. The quantitative estimate of drug-likeness (QED) is 0.573. The molecule has 1 aliphatic heterocycles. The molecule has 0 radical (unpaired) electrons. The molecule has 1 fully saturated rings. The minimum absolute atomic E-state index is 0.0308. The number of likely N-dealkylation sites (tertiary alicyclic amines) is 1. The van der Waals surface area contributed by atoms with Gasteiger partial charge < -0.3 is 20.1 Å². The smallest absolute Gasteiger partial charge is 0.407 e. The van der Waals surface area contributed by atoms with Crippen LogP contribution in [0.1, 0.15) is 56.1 Å². The molecule has 2 amide bonds. The van der Waals surface area contributed by atoms with Gasteiger partial charge in [-0.15, -0.1) is 0 Å². The summed E-state index contributed by atoms with van der Waals surface area (Å²) in [6.07, 6.45) is 2.54. The van der Waals surface area contributed by atoms with Crippen molar-refractivity contribution in [3.05, 3.63) is 59.7 Å². The van der Waals surface area contributed by atoms with Crippen LogP contribution in [0.3, 0.4) is 0 Å². The number of carboxylic acid groups (broad SMARTS) is 1. The predicted octanol–water partition coefficient (Wildman–Crippen LogP) is 4.41. The number of benzene rings is 2. The molecule has 34 heavy (non-hydrogen) atoms. The maximum absolute atomic E-state index is 12.4. The molecule has 2 atom stereocenters. The number of nitrogens with one attached hydrogen (secondary N) is 1. The van der Waals surface area contributed by atoms with Crippen LogP contribution in [0.15, 0.2) is 48.5 Å². The Kier molecular flexibility index (Phi) is 7.50. The predicted molar refractivity (Wildman–Crippen MR) is 128 cm³/mol. The Labute approximate surface area is 200 Å². The van der Waals surface area contributed by atoms with Gasteiger partial charge in [-0.05, 0) is 53.9 Å². The first-order valence-electron chi connectivity index (χ1n) is 12.1. The molecule has 4 rings (SSSR count). The van der Waals surface area contributed by atoms with E-state index in [2.05, 4.69) is 29.6 Å². The molecule has 0 aromatic heterocycles. The highest BCUT2D eigenvalue weighted by Gasteiger charge is 2.33. The topological polar surface area (TPSA) is 95.9 Å². The number of carbonyl (C=O) groups excluding carboxylic acids is 2. The fourth-order valence-electron chi connectivity index (χ4n) is 5.05. The molecule has 0 bridgehead atoms. The Hall–Kier alpha value is -3.35. The molecule has 2 aromatic carbocycles. The number of carbonyl (C=O) groups is 3. The van der Waals surface area contributed by atoms with E-state index >= 15 is 0 Å². The Balaban J connectivity index is 1.18. The van der Waals surface area contributed by atoms with Gasteiger partial charge in [-0.1, -0.05) is 55.5 Å². The summed E-state index contributed by atoms with van der Waals surface area (Å²) in [5.41, 5.74) is 4.74. The van der Waals surface area contributed by atoms with E-state index in [-0.39, 0.29) is 24.3 Å². The molecule has 1 saturated heterocycles. The van der Waals surface area contributed by atoms with Gasteiger partial charge in [0.1, 0.15) is 12.6 Å². The summed E-state index contributed by atoms with van der Waals surface area (Å²) < 4.78 is 5.55. The third-order valence-electron chi connectivity index (χ3n) is 6.96. The van der Waals surface area contributed by atoms with Crippen LogP contribution in [-0.2, 0) is 14.3 Å². The number of nitrogens with zero attached hydrogens (tertiary/aromatic N) is 1. The largest absolute Gasteiger partial charge is 0.480 e. The van der Waals surface area contributed by atoms with Crippen molar-refractivity contribution in [1.82, 2.24) is 10.2 Å². The molecular weight excluding hydrogens is 432 g/mol. The normalized spacial score (nSPS) is 17.7. The molecule has 2 aliphatic rings. The van der Waals surface area contributed by atoms with Crippen molar-refractivity contribution in [3.63, 3.8) is 0 Å². The second-order valence-electron chi connectivity index (χ2n) is 9.27. The van der Waals surface area contributed by atoms with E-state index in [1.807, 2.05) is 31.2 Å². The summed E-state index contributed by atoms with van der Waals surface area (Å²) in [6.45, 7) is 3.30. The van der Waals surface area contributed by atoms with Crippen LogP contribution in [0.2, 0.25) is 0 Å². The van der Waals surface area contributed by atoms with Crippen LogP contribution in [0.4, 0.5) is 4.79 Å². The van der Waals surface area contributed by atoms with Gasteiger partial charge in [0.2, 0.25) is 5.91 Å². The molecule has 2 unspecified atom stereocenters. The number of aliphatic carboxylic acids is 1. The number of amides is 2. The van der Waals surface area contributed by atoms with Gasteiger partial charge in [0, 0.05) is 25.4 Å². The third kappa shape index (κ3) is 5.24. The highest BCUT2D eigenvalue weighted by atomic mass is 16.5. The van der Waals surface area contributed by atoms with E-state index in [4.69, 9.17) is 4.74 Å². The second-order valence-corrected chi connectivity index (χ2v) is 9.27. The van der Waals surface area contributed by atoms with Crippen LogP contribution in [-0.4, -0.2) is 53.7 Å². The summed E-state index contributed by atoms with van der Waals surface area (Å²) in [4.78, 5) is 37.5. The lowest BCUT2D eigenvalue weighted by molar-refractivity contribution is -0.148. The number of ether oxygens (including phenoxy) is 1. The molecule has 2 N–H and O–H groups in total. The Bertz CT molecular complexity index is 1010. The van der Waals surface area contributed by atoms with Gasteiger partial charge in [0.25, 0.3) is 0 Å². The molecule has 1 aliphatic carbocycles. The summed E-state index contributed by atoms with van der Waals surface area (Å²) in [6, 6.07) is 15.8. The van der Waals surface area contributed by atoms with Crippen LogP contribution in [0.25, 0.3) is 11.1 Å². The molecular formula is C27H32N2O5. The Morgan fingerprint density at radius 1 is 1.06 bits per heavy atom. The van der Waals surface area contributed by atoms with Crippen molar-refractivity contribution in [1.29, 1.82) is 0 Å². The first-order valence-corrected chi connectivity index (χ1v) is 12.1. The van der Waals surface area contributed by atoms with Crippen molar-refractivity contribution in [3.8, 4) is 11.1 Å². The maximum Gasteiger partial charge on any atom is 0.407 e. The Morgan fingerprint density at radius 2 is 1.71 bits per heavy atom. The summed E-state index contributed by atoms with van der Waals surface area (Å²) in [7, 11) is 0. The van der Waals surface area contributed by atoms with Crippen molar-refractivity contribution < 1.29 is 24.2 Å². The van der Waals surface area contributed by atoms with E-state index in [1.54, 1.807) is 0 Å². The van der Waals surface area contributed by atoms with Gasteiger partial charge in [-0.3, -0.25) is 4.79 Å². The van der Waals surface area contributed by atoms with E-state index in [9.17, 15) is 19.5 Å². The van der Waals surface area contributed by atoms with Gasteiger partial charge in [-0.2, -0.15) is 0 Å². The molecule has 7 nitrogen and oxygen atoms in total. The third-order valence-corrected chi connectivity index (χ3v) is 6.96. The maximum atomic E-state index is 12.4. The zero-order valence-electron chi connectivity index (χ0n) is 19.5. The molecule has 0 spiro atoms. The van der Waals surface area contributed by atoms with Crippen molar-refractivity contribution in [2.45, 2.75) is 51.0 Å². The number of alkyl carbamates (subject to hydrolysis) is 1. The number of fused-ring (bicyclic) bond motifs is 3. The molecule has 2 aromatic rings. The van der Waals surface area contributed by atoms with Crippen molar-refractivity contribution >= 4 is 18.0 Å². The fraction of sp³-hybridized carbons (Fsp3) is 0.444. The van der Waals surface area contributed by atoms with Crippen LogP contribution in [0.5, 0.6) is 0 Å². The molecule has 1 heterocycles. The number of carboxylic acids is 1. The summed E-state index contributed by atoms with van der Waals surface area (Å²) in [5.74, 6) is -0.764. The van der Waals surface area contributed by atoms with Crippen LogP contribution >= 0.6 is 0 Å². The van der Waals surface area contributed by atoms with Gasteiger partial charge in [0.15, 0.2) is 0 Å². The zero-order valence-corrected chi connectivity index (χ0v) is 19.5. The van der Waals surface area contributed by atoms with Gasteiger partial charge >= 0.3 is 12.1 Å². The number of rotatable bonds is 9. The van der Waals surface area contributed by atoms with E-state index in [0.717, 1.165) is 12.8 Å². The van der Waals surface area contributed by atoms with E-state index < -0.39 is 18.1 Å². The molecule has 0 saturated carbocycles. The second kappa shape index (κ2) is 10.7. The monoisotopic (exact) mass is 464 g/mol. The number of hydrogen-bond donors (Lipinski definition) is 2. The minimum atomic E-state index is -0.925. The summed E-state index contributed by atoms with van der Waals surface area (Å²) in [5, 5.41) is 12.1. The van der Waals surface area contributed by atoms with Crippen LogP contribution in [0, 0.1) is 5.92 Å². The van der Waals surface area contributed by atoms with Crippen LogP contribution < -0.4 is 5.32 Å². The average molecular weight is 465 g/mol. The van der Waals surface area contributed by atoms with Crippen molar-refractivity contribution in [2.75, 3.05) is 19.7 Å². The standard InChI is InChI=1S/C27H32N2O5/c1-18(12-13-25(30)29-16-6-11-24(29)26(31)32)14-15-28-27(33)34-17-23-21-9-4-2-7-19(21)20-8-3-5-10-22(20)23/h2-5,7-10,18,23-24H,6,11-17H2,1H3,(H,28,33)(H,31,32). The summed E-state index contributed by atoms with van der Waals surface area (Å²) >= 11 is 0. The first-order chi connectivity index (χ1) is 16.5. The van der Waals surface area contributed by atoms with E-state index in [0.29, 0.717) is 32.4 Å². The average Bonchev–Trinajstić information content (AvgIpc) is 3.45. The highest BCUT2D eigenvalue weighted by Crippen LogP contribution is 2.44. The van der Waals surface area contributed by atoms with Gasteiger partial charge in [0.05, 0.1) is 0 Å². The lowest BCUT2D eigenvalue weighted by Crippen LogP contribution is -2.40. The van der Waals surface area contributed by atoms with Crippen molar-refractivity contribution in [2.24, 2.45) is 5.92 Å². The minimum Gasteiger partial charge on any atom is -0.480 e. The fourth-order valence-corrected chi connectivity index (χ4v) is 5.05. The zero-order chi connectivity index (χ0) is 24.1. The number of hydrogen-bond acceptors (Lipinski definition) is 4. The Morgan fingerprint density at radius 3 is 2.35 bits per heavy atom. The first kappa shape index (κ1) is 23.8. The highest BCUT2D eigenvalue weighted by molar-refractivity contribution is 5.84. The molecule has 7 heteroatoms. The molecule has 180 valence electrons. The van der Waals surface area contributed by atoms with Gasteiger partial charge in [-0.25, -0.2) is 9.59 Å². The SMILES string of the molecule is CC(CCNC(=O)OCC1c2ccccc2-c2ccccc21)CCC(=O)N1CCCC1C(=O)O.